The van der Waals surface area contributed by atoms with Crippen LogP contribution in [0.2, 0.25) is 0 Å². The van der Waals surface area contributed by atoms with E-state index in [2.05, 4.69) is 11.4 Å². The van der Waals surface area contributed by atoms with Crippen LogP contribution in [0.1, 0.15) is 46.3 Å². The molecule has 0 aliphatic carbocycles. The summed E-state index contributed by atoms with van der Waals surface area (Å²) in [5, 5.41) is 2.06. The van der Waals surface area contributed by atoms with Crippen LogP contribution in [0.5, 0.6) is 5.75 Å². The summed E-state index contributed by atoms with van der Waals surface area (Å²) in [6.45, 7) is 4.92. The molecule has 1 atom stereocenters. The Balaban J connectivity index is 1.62. The van der Waals surface area contributed by atoms with E-state index in [1.807, 2.05) is 43.0 Å². The molecule has 7 heteroatoms. The number of hydrogen-bond donors (Lipinski definition) is 0. The highest BCUT2D eigenvalue weighted by molar-refractivity contribution is 7.10. The fourth-order valence-corrected chi connectivity index (χ4v) is 5.35. The van der Waals surface area contributed by atoms with Crippen LogP contribution >= 0.6 is 11.3 Å². The summed E-state index contributed by atoms with van der Waals surface area (Å²) < 4.78 is 19.1. The first-order valence-electron chi connectivity index (χ1n) is 11.4. The molecule has 0 saturated heterocycles. The molecule has 5 nitrogen and oxygen atoms in total. The van der Waals surface area contributed by atoms with Gasteiger partial charge in [-0.05, 0) is 65.2 Å². The van der Waals surface area contributed by atoms with Crippen molar-refractivity contribution in [3.8, 4) is 5.75 Å². The molecule has 0 bridgehead atoms. The molecule has 0 radical (unpaired) electrons. The SMILES string of the molecule is COc1ccc(C2c3ccsc3CCN2C(=O)CN(CC(C)C)C(=O)c2cccc(F)c2)cc1. The number of methoxy groups -OCH3 is 1. The van der Waals surface area contributed by atoms with Gasteiger partial charge in [0.25, 0.3) is 5.91 Å². The summed E-state index contributed by atoms with van der Waals surface area (Å²) >= 11 is 1.71. The number of carbonyl (C=O) groups excluding carboxylic acids is 2. The summed E-state index contributed by atoms with van der Waals surface area (Å²) in [6.07, 6.45) is 0.785. The van der Waals surface area contributed by atoms with Gasteiger partial charge in [0.1, 0.15) is 18.1 Å². The van der Waals surface area contributed by atoms with Gasteiger partial charge in [-0.3, -0.25) is 9.59 Å². The lowest BCUT2D eigenvalue weighted by atomic mass is 9.93. The van der Waals surface area contributed by atoms with Crippen molar-refractivity contribution in [1.29, 1.82) is 0 Å². The summed E-state index contributed by atoms with van der Waals surface area (Å²) in [6, 6.07) is 15.3. The highest BCUT2D eigenvalue weighted by Gasteiger charge is 2.34. The fourth-order valence-electron chi connectivity index (χ4n) is 4.45. The van der Waals surface area contributed by atoms with Gasteiger partial charge in [-0.15, -0.1) is 11.3 Å². The Labute approximate surface area is 203 Å². The molecule has 3 aromatic rings. The molecular weight excluding hydrogens is 451 g/mol. The molecule has 0 fully saturated rings. The first-order chi connectivity index (χ1) is 16.4. The number of ether oxygens (including phenoxy) is 1. The number of hydrogen-bond acceptors (Lipinski definition) is 4. The van der Waals surface area contributed by atoms with Gasteiger partial charge in [0, 0.05) is 23.5 Å². The minimum atomic E-state index is -0.470. The predicted molar refractivity (Wildman–Crippen MR) is 132 cm³/mol. The number of amides is 2. The zero-order valence-corrected chi connectivity index (χ0v) is 20.5. The molecule has 0 N–H and O–H groups in total. The van der Waals surface area contributed by atoms with E-state index in [1.165, 1.54) is 28.0 Å². The van der Waals surface area contributed by atoms with Crippen LogP contribution in [-0.2, 0) is 11.2 Å². The Morgan fingerprint density at radius 3 is 2.62 bits per heavy atom. The van der Waals surface area contributed by atoms with Crippen LogP contribution in [0.3, 0.4) is 0 Å². The van der Waals surface area contributed by atoms with E-state index in [1.54, 1.807) is 24.5 Å². The highest BCUT2D eigenvalue weighted by Crippen LogP contribution is 2.38. The quantitative estimate of drug-likeness (QED) is 0.469. The average molecular weight is 481 g/mol. The molecule has 0 saturated carbocycles. The molecule has 2 aromatic carbocycles. The van der Waals surface area contributed by atoms with Crippen molar-refractivity contribution in [1.82, 2.24) is 9.80 Å². The summed E-state index contributed by atoms with van der Waals surface area (Å²) in [7, 11) is 1.63. The van der Waals surface area contributed by atoms with E-state index in [0.717, 1.165) is 23.3 Å². The Morgan fingerprint density at radius 1 is 1.18 bits per heavy atom. The maximum Gasteiger partial charge on any atom is 0.254 e. The van der Waals surface area contributed by atoms with Gasteiger partial charge in [0.05, 0.1) is 13.2 Å². The van der Waals surface area contributed by atoms with Gasteiger partial charge < -0.3 is 14.5 Å². The van der Waals surface area contributed by atoms with Crippen molar-refractivity contribution in [2.75, 3.05) is 26.7 Å². The van der Waals surface area contributed by atoms with E-state index in [4.69, 9.17) is 4.74 Å². The number of nitrogens with zero attached hydrogens (tertiary/aromatic N) is 2. The second-order valence-electron chi connectivity index (χ2n) is 8.90. The first-order valence-corrected chi connectivity index (χ1v) is 12.3. The van der Waals surface area contributed by atoms with Crippen LogP contribution in [0.15, 0.2) is 60.0 Å². The number of thiophene rings is 1. The Hall–Kier alpha value is -3.19. The van der Waals surface area contributed by atoms with Gasteiger partial charge in [-0.2, -0.15) is 0 Å². The topological polar surface area (TPSA) is 49.9 Å². The van der Waals surface area contributed by atoms with Crippen molar-refractivity contribution in [2.24, 2.45) is 5.92 Å². The Bertz CT molecular complexity index is 1160. The monoisotopic (exact) mass is 480 g/mol. The van der Waals surface area contributed by atoms with Gasteiger partial charge >= 0.3 is 0 Å². The Morgan fingerprint density at radius 2 is 1.94 bits per heavy atom. The van der Waals surface area contributed by atoms with Crippen molar-refractivity contribution >= 4 is 23.2 Å². The van der Waals surface area contributed by atoms with Crippen LogP contribution in [0.25, 0.3) is 0 Å². The second-order valence-corrected chi connectivity index (χ2v) is 9.90. The predicted octanol–water partition coefficient (Wildman–Crippen LogP) is 5.17. The van der Waals surface area contributed by atoms with Gasteiger partial charge in [-0.25, -0.2) is 4.39 Å². The molecule has 2 amide bonds. The summed E-state index contributed by atoms with van der Waals surface area (Å²) in [5.41, 5.74) is 2.38. The van der Waals surface area contributed by atoms with Gasteiger partial charge in [0.2, 0.25) is 5.91 Å². The molecule has 0 spiro atoms. The van der Waals surface area contributed by atoms with Crippen molar-refractivity contribution < 1.29 is 18.7 Å². The standard InChI is InChI=1S/C27H29FN2O3S/c1-18(2)16-29(27(32)20-5-4-6-21(28)15-20)17-25(31)30-13-11-24-23(12-14-34-24)26(30)19-7-9-22(33-3)10-8-19/h4-10,12,14-15,18,26H,11,13,16-17H2,1-3H3. The number of carbonyl (C=O) groups is 2. The zero-order chi connectivity index (χ0) is 24.2. The van der Waals surface area contributed by atoms with Crippen molar-refractivity contribution in [2.45, 2.75) is 26.3 Å². The van der Waals surface area contributed by atoms with Crippen LogP contribution in [0, 0.1) is 11.7 Å². The third-order valence-corrected chi connectivity index (χ3v) is 6.98. The maximum atomic E-state index is 13.8. The van der Waals surface area contributed by atoms with E-state index < -0.39 is 5.82 Å². The average Bonchev–Trinajstić information content (AvgIpc) is 3.31. The normalized spacial score (nSPS) is 15.2. The lowest BCUT2D eigenvalue weighted by Crippen LogP contribution is -2.47. The van der Waals surface area contributed by atoms with Crippen molar-refractivity contribution in [3.63, 3.8) is 0 Å². The number of halogens is 1. The van der Waals surface area contributed by atoms with Crippen LogP contribution in [0.4, 0.5) is 4.39 Å². The summed E-state index contributed by atoms with van der Waals surface area (Å²) in [5.74, 6) is -0.0135. The minimum Gasteiger partial charge on any atom is -0.497 e. The third-order valence-electron chi connectivity index (χ3n) is 5.99. The fraction of sp³-hybridized carbons (Fsp3) is 0.333. The first kappa shape index (κ1) is 24.0. The summed E-state index contributed by atoms with van der Waals surface area (Å²) in [4.78, 5) is 31.6. The molecule has 34 heavy (non-hydrogen) atoms. The lowest BCUT2D eigenvalue weighted by molar-refractivity contribution is -0.134. The molecule has 1 aliphatic rings. The lowest BCUT2D eigenvalue weighted by Gasteiger charge is -2.38. The highest BCUT2D eigenvalue weighted by atomic mass is 32.1. The molecular formula is C27H29FN2O3S. The van der Waals surface area contributed by atoms with Crippen molar-refractivity contribution in [3.05, 3.63) is 87.4 Å². The Kier molecular flexibility index (Phi) is 7.32. The van der Waals surface area contributed by atoms with E-state index in [0.29, 0.717) is 13.1 Å². The van der Waals surface area contributed by atoms with Gasteiger partial charge in [-0.1, -0.05) is 32.0 Å². The number of fused-ring (bicyclic) bond motifs is 1. The molecule has 4 rings (SSSR count). The van der Waals surface area contributed by atoms with Crippen LogP contribution < -0.4 is 4.74 Å². The zero-order valence-electron chi connectivity index (χ0n) is 19.7. The van der Waals surface area contributed by atoms with E-state index in [9.17, 15) is 14.0 Å². The number of benzene rings is 2. The van der Waals surface area contributed by atoms with Gasteiger partial charge in [0.15, 0.2) is 0 Å². The molecule has 1 aliphatic heterocycles. The van der Waals surface area contributed by atoms with E-state index >= 15 is 0 Å². The minimum absolute atomic E-state index is 0.0559. The second kappa shape index (κ2) is 10.4. The smallest absolute Gasteiger partial charge is 0.254 e. The van der Waals surface area contributed by atoms with E-state index in [-0.39, 0.29) is 35.9 Å². The third kappa shape index (κ3) is 5.14. The molecule has 1 unspecified atom stereocenters. The molecule has 2 heterocycles. The number of rotatable bonds is 7. The molecule has 178 valence electrons. The maximum absolute atomic E-state index is 13.8. The van der Waals surface area contributed by atoms with Crippen LogP contribution in [-0.4, -0.2) is 48.4 Å². The molecule has 1 aromatic heterocycles. The largest absolute Gasteiger partial charge is 0.497 e.